The molecule has 0 aliphatic heterocycles. The number of likely N-dealkylation sites (N-methyl/N-ethyl adjacent to an activating group) is 1. The summed E-state index contributed by atoms with van der Waals surface area (Å²) in [5.74, 6) is -0.236. The molecule has 1 atom stereocenters. The van der Waals surface area contributed by atoms with Crippen molar-refractivity contribution in [3.8, 4) is 0 Å². The maximum absolute atomic E-state index is 13.2. The molecule has 5 heteroatoms. The fourth-order valence-corrected chi connectivity index (χ4v) is 3.12. The highest BCUT2D eigenvalue weighted by atomic mass is 79.9. The predicted octanol–water partition coefficient (Wildman–Crippen LogP) is 4.64. The molecule has 0 radical (unpaired) electrons. The number of hydrogen-bond donors (Lipinski definition) is 1. The van der Waals surface area contributed by atoms with E-state index in [-0.39, 0.29) is 11.9 Å². The second-order valence-electron chi connectivity index (χ2n) is 4.42. The number of hydrogen-bond acceptors (Lipinski definition) is 2. The van der Waals surface area contributed by atoms with Crippen molar-refractivity contribution < 1.29 is 4.39 Å². The van der Waals surface area contributed by atoms with Gasteiger partial charge >= 0.3 is 0 Å². The molecule has 0 aliphatic rings. The average molecular weight is 402 g/mol. The van der Waals surface area contributed by atoms with Gasteiger partial charge in [-0.2, -0.15) is 0 Å². The molecule has 0 bridgehead atoms. The highest BCUT2D eigenvalue weighted by molar-refractivity contribution is 9.10. The molecule has 2 nitrogen and oxygen atoms in total. The zero-order valence-corrected chi connectivity index (χ0v) is 14.2. The van der Waals surface area contributed by atoms with E-state index in [1.165, 1.54) is 12.1 Å². The summed E-state index contributed by atoms with van der Waals surface area (Å²) in [6.07, 6.45) is 2.52. The van der Waals surface area contributed by atoms with Crippen molar-refractivity contribution in [3.05, 3.63) is 62.5 Å². The molecule has 1 N–H and O–H groups in total. The van der Waals surface area contributed by atoms with Gasteiger partial charge in [0.25, 0.3) is 0 Å². The molecular formula is C15H15Br2FN2. The molecule has 1 unspecified atom stereocenters. The molecule has 0 amide bonds. The predicted molar refractivity (Wildman–Crippen MR) is 86.2 cm³/mol. The first-order valence-corrected chi connectivity index (χ1v) is 7.98. The van der Waals surface area contributed by atoms with Crippen LogP contribution in [0.5, 0.6) is 0 Å². The number of nitrogens with one attached hydrogen (secondary N) is 1. The van der Waals surface area contributed by atoms with Crippen LogP contribution in [0, 0.1) is 5.82 Å². The second-order valence-corrected chi connectivity index (χ2v) is 6.13. The number of halogens is 3. The minimum Gasteiger partial charge on any atom is -0.309 e. The largest absolute Gasteiger partial charge is 0.309 e. The minimum absolute atomic E-state index is 0.0809. The Morgan fingerprint density at radius 1 is 1.25 bits per heavy atom. The van der Waals surface area contributed by atoms with Crippen LogP contribution in [0.3, 0.4) is 0 Å². The lowest BCUT2D eigenvalue weighted by atomic mass is 10.0. The Balaban J connectivity index is 2.28. The fraction of sp³-hybridized carbons (Fsp3) is 0.267. The van der Waals surface area contributed by atoms with Crippen molar-refractivity contribution in [1.29, 1.82) is 0 Å². The highest BCUT2D eigenvalue weighted by Crippen LogP contribution is 2.27. The Labute approximate surface area is 135 Å². The topological polar surface area (TPSA) is 24.9 Å². The first-order valence-electron chi connectivity index (χ1n) is 6.39. The van der Waals surface area contributed by atoms with E-state index >= 15 is 0 Å². The van der Waals surface area contributed by atoms with E-state index in [2.05, 4.69) is 49.1 Å². The zero-order valence-electron chi connectivity index (χ0n) is 11.0. The van der Waals surface area contributed by atoms with Gasteiger partial charge in [0.05, 0.1) is 11.7 Å². The smallest absolute Gasteiger partial charge is 0.124 e. The number of aromatic nitrogens is 1. The van der Waals surface area contributed by atoms with Crippen molar-refractivity contribution in [3.63, 3.8) is 0 Å². The molecule has 0 saturated carbocycles. The van der Waals surface area contributed by atoms with E-state index in [4.69, 9.17) is 0 Å². The molecule has 106 valence electrons. The normalized spacial score (nSPS) is 12.4. The van der Waals surface area contributed by atoms with Gasteiger partial charge in [-0.15, -0.1) is 0 Å². The standard InChI is InChI=1S/C15H15Br2FN2/c1-2-19-14(15-12(16)4-3-7-20-15)8-10-5-6-11(18)9-13(10)17/h3-7,9,14,19H,2,8H2,1H3. The molecule has 1 heterocycles. The Hall–Kier alpha value is -0.780. The molecule has 0 aliphatic carbocycles. The lowest BCUT2D eigenvalue weighted by molar-refractivity contribution is 0.533. The third kappa shape index (κ3) is 3.87. The molecule has 2 aromatic rings. The maximum Gasteiger partial charge on any atom is 0.124 e. The molecule has 0 spiro atoms. The van der Waals surface area contributed by atoms with E-state index in [1.807, 2.05) is 12.1 Å². The van der Waals surface area contributed by atoms with Crippen LogP contribution in [0.4, 0.5) is 4.39 Å². The third-order valence-electron chi connectivity index (χ3n) is 3.01. The lowest BCUT2D eigenvalue weighted by Gasteiger charge is -2.19. The Bertz CT molecular complexity index is 590. The summed E-state index contributed by atoms with van der Waals surface area (Å²) in [5, 5.41) is 3.42. The van der Waals surface area contributed by atoms with E-state index in [0.29, 0.717) is 0 Å². The Kier molecular flexibility index (Phi) is 5.69. The van der Waals surface area contributed by atoms with Crippen LogP contribution in [0.2, 0.25) is 0 Å². The van der Waals surface area contributed by atoms with Crippen LogP contribution in [-0.4, -0.2) is 11.5 Å². The maximum atomic E-state index is 13.2. The SMILES string of the molecule is CCNC(Cc1ccc(F)cc1Br)c1ncccc1Br. The van der Waals surface area contributed by atoms with Gasteiger partial charge in [0.1, 0.15) is 5.82 Å². The van der Waals surface area contributed by atoms with Crippen molar-refractivity contribution in [2.45, 2.75) is 19.4 Å². The molecule has 2 rings (SSSR count). The Morgan fingerprint density at radius 2 is 2.05 bits per heavy atom. The van der Waals surface area contributed by atoms with Crippen LogP contribution in [0.1, 0.15) is 24.2 Å². The monoisotopic (exact) mass is 400 g/mol. The third-order valence-corrected chi connectivity index (χ3v) is 4.42. The molecule has 1 aromatic carbocycles. The second kappa shape index (κ2) is 7.29. The summed E-state index contributed by atoms with van der Waals surface area (Å²) < 4.78 is 14.9. The molecule has 0 saturated heterocycles. The van der Waals surface area contributed by atoms with E-state index in [1.54, 1.807) is 12.3 Å². The van der Waals surface area contributed by atoms with Crippen LogP contribution < -0.4 is 5.32 Å². The molecular weight excluding hydrogens is 387 g/mol. The van der Waals surface area contributed by atoms with E-state index < -0.39 is 0 Å². The van der Waals surface area contributed by atoms with Crippen molar-refractivity contribution >= 4 is 31.9 Å². The van der Waals surface area contributed by atoms with Gasteiger partial charge in [0, 0.05) is 15.1 Å². The average Bonchev–Trinajstić information content (AvgIpc) is 2.42. The minimum atomic E-state index is -0.236. The van der Waals surface area contributed by atoms with Gasteiger partial charge < -0.3 is 5.32 Å². The van der Waals surface area contributed by atoms with E-state index in [9.17, 15) is 4.39 Å². The van der Waals surface area contributed by atoms with Gasteiger partial charge in [-0.05, 0) is 58.7 Å². The lowest BCUT2D eigenvalue weighted by Crippen LogP contribution is -2.24. The first-order chi connectivity index (χ1) is 9.61. The summed E-state index contributed by atoms with van der Waals surface area (Å²) in [6.45, 7) is 2.90. The number of benzene rings is 1. The first kappa shape index (κ1) is 15.6. The van der Waals surface area contributed by atoms with Crippen LogP contribution >= 0.6 is 31.9 Å². The van der Waals surface area contributed by atoms with Crippen molar-refractivity contribution in [1.82, 2.24) is 10.3 Å². The summed E-state index contributed by atoms with van der Waals surface area (Å²) in [6, 6.07) is 8.73. The zero-order chi connectivity index (χ0) is 14.5. The van der Waals surface area contributed by atoms with Crippen molar-refractivity contribution in [2.24, 2.45) is 0 Å². The van der Waals surface area contributed by atoms with Gasteiger partial charge in [-0.3, -0.25) is 4.98 Å². The van der Waals surface area contributed by atoms with Crippen molar-refractivity contribution in [2.75, 3.05) is 6.54 Å². The summed E-state index contributed by atoms with van der Waals surface area (Å²) >= 11 is 6.95. The summed E-state index contributed by atoms with van der Waals surface area (Å²) in [5.41, 5.74) is 2.01. The van der Waals surface area contributed by atoms with E-state index in [0.717, 1.165) is 33.2 Å². The van der Waals surface area contributed by atoms with Gasteiger partial charge in [0.15, 0.2) is 0 Å². The highest BCUT2D eigenvalue weighted by Gasteiger charge is 2.17. The molecule has 1 aromatic heterocycles. The van der Waals surface area contributed by atoms with Gasteiger partial charge in [-0.1, -0.05) is 28.9 Å². The van der Waals surface area contributed by atoms with Gasteiger partial charge in [-0.25, -0.2) is 4.39 Å². The quantitative estimate of drug-likeness (QED) is 0.789. The number of rotatable bonds is 5. The van der Waals surface area contributed by atoms with Crippen LogP contribution in [0.15, 0.2) is 45.5 Å². The number of pyridine rings is 1. The van der Waals surface area contributed by atoms with Crippen LogP contribution in [0.25, 0.3) is 0 Å². The number of nitrogens with zero attached hydrogens (tertiary/aromatic N) is 1. The molecule has 20 heavy (non-hydrogen) atoms. The summed E-state index contributed by atoms with van der Waals surface area (Å²) in [7, 11) is 0. The van der Waals surface area contributed by atoms with Crippen LogP contribution in [-0.2, 0) is 6.42 Å². The van der Waals surface area contributed by atoms with Gasteiger partial charge in [0.2, 0.25) is 0 Å². The summed E-state index contributed by atoms with van der Waals surface area (Å²) in [4.78, 5) is 4.44. The fourth-order valence-electron chi connectivity index (χ4n) is 2.07. The Morgan fingerprint density at radius 3 is 2.70 bits per heavy atom. The molecule has 0 fully saturated rings.